The fourth-order valence-corrected chi connectivity index (χ4v) is 2.00. The number of hydrogen-bond acceptors (Lipinski definition) is 5. The maximum absolute atomic E-state index is 12.0. The van der Waals surface area contributed by atoms with Gasteiger partial charge in [0, 0.05) is 38.6 Å². The molecule has 0 aromatic carbocycles. The first kappa shape index (κ1) is 13.8. The van der Waals surface area contributed by atoms with E-state index in [1.54, 1.807) is 12.3 Å². The van der Waals surface area contributed by atoms with Gasteiger partial charge in [-0.05, 0) is 19.2 Å². The summed E-state index contributed by atoms with van der Waals surface area (Å²) in [5.74, 6) is -0.172. The number of aromatic nitrogens is 1. The fourth-order valence-electron chi connectivity index (χ4n) is 2.00. The van der Waals surface area contributed by atoms with Crippen LogP contribution in [0.5, 0.6) is 0 Å². The van der Waals surface area contributed by atoms with Crippen LogP contribution in [0.2, 0.25) is 0 Å². The molecule has 1 aromatic rings. The fraction of sp³-hybridized carbons (Fsp3) is 0.538. The van der Waals surface area contributed by atoms with Gasteiger partial charge in [-0.25, -0.2) is 0 Å². The van der Waals surface area contributed by atoms with Crippen LogP contribution in [-0.2, 0) is 4.74 Å². The minimum absolute atomic E-state index is 0.0511. The largest absolute Gasteiger partial charge is 0.388 e. The summed E-state index contributed by atoms with van der Waals surface area (Å²) in [6, 6.07) is 3.54. The van der Waals surface area contributed by atoms with Gasteiger partial charge in [0.05, 0.1) is 12.7 Å². The number of likely N-dealkylation sites (N-methyl/N-ethyl adjacent to an activating group) is 1. The number of nitrogens with zero attached hydrogens (tertiary/aromatic N) is 2. The van der Waals surface area contributed by atoms with Gasteiger partial charge < -0.3 is 20.3 Å². The number of pyridine rings is 1. The second-order valence-electron chi connectivity index (χ2n) is 4.64. The van der Waals surface area contributed by atoms with Crippen molar-refractivity contribution in [2.45, 2.75) is 6.10 Å². The Morgan fingerprint density at radius 3 is 3.21 bits per heavy atom. The van der Waals surface area contributed by atoms with Crippen LogP contribution in [0.3, 0.4) is 0 Å². The van der Waals surface area contributed by atoms with Crippen LogP contribution >= 0.6 is 0 Å². The third-order valence-corrected chi connectivity index (χ3v) is 3.11. The van der Waals surface area contributed by atoms with Crippen molar-refractivity contribution >= 4 is 11.6 Å². The molecule has 6 heteroatoms. The molecule has 2 rings (SSSR count). The second-order valence-corrected chi connectivity index (χ2v) is 4.64. The lowest BCUT2D eigenvalue weighted by Crippen LogP contribution is -2.46. The van der Waals surface area contributed by atoms with E-state index in [-0.39, 0.29) is 12.0 Å². The van der Waals surface area contributed by atoms with Crippen molar-refractivity contribution in [3.63, 3.8) is 0 Å². The average Bonchev–Trinajstić information content (AvgIpc) is 2.45. The van der Waals surface area contributed by atoms with Crippen LogP contribution in [0.25, 0.3) is 0 Å². The van der Waals surface area contributed by atoms with Crippen molar-refractivity contribution in [2.75, 3.05) is 45.7 Å². The monoisotopic (exact) mass is 264 g/mol. The standard InChI is InChI=1S/C13H20N4O2/c1-14-10-3-4-15-12(7-10)13(18)16-8-11-9-17(2)5-6-19-11/h3-4,7,11H,5-6,8-9H2,1-2H3,(H,14,15)(H,16,18). The van der Waals surface area contributed by atoms with E-state index < -0.39 is 0 Å². The molecule has 104 valence electrons. The quantitative estimate of drug-likeness (QED) is 0.812. The molecule has 1 saturated heterocycles. The molecule has 1 amide bonds. The molecule has 0 bridgehead atoms. The summed E-state index contributed by atoms with van der Waals surface area (Å²) in [6.07, 6.45) is 1.67. The number of carbonyl (C=O) groups excluding carboxylic acids is 1. The zero-order valence-electron chi connectivity index (χ0n) is 11.3. The summed E-state index contributed by atoms with van der Waals surface area (Å²) in [7, 11) is 3.86. The molecule has 1 aliphatic heterocycles. The van der Waals surface area contributed by atoms with E-state index in [9.17, 15) is 4.79 Å². The molecule has 19 heavy (non-hydrogen) atoms. The molecule has 2 heterocycles. The lowest BCUT2D eigenvalue weighted by Gasteiger charge is -2.30. The first-order valence-corrected chi connectivity index (χ1v) is 6.41. The van der Waals surface area contributed by atoms with Crippen molar-refractivity contribution in [3.8, 4) is 0 Å². The van der Waals surface area contributed by atoms with Crippen LogP contribution in [0, 0.1) is 0 Å². The highest BCUT2D eigenvalue weighted by Gasteiger charge is 2.18. The molecule has 0 aliphatic carbocycles. The lowest BCUT2D eigenvalue weighted by atomic mass is 10.2. The van der Waals surface area contributed by atoms with Gasteiger partial charge in [-0.3, -0.25) is 9.78 Å². The number of carbonyl (C=O) groups is 1. The van der Waals surface area contributed by atoms with Crippen LogP contribution in [0.4, 0.5) is 5.69 Å². The molecule has 2 N–H and O–H groups in total. The number of anilines is 1. The SMILES string of the molecule is CNc1ccnc(C(=O)NCC2CN(C)CCO2)c1. The zero-order valence-corrected chi connectivity index (χ0v) is 11.3. The van der Waals surface area contributed by atoms with E-state index >= 15 is 0 Å². The molecule has 1 aromatic heterocycles. The Morgan fingerprint density at radius 1 is 1.63 bits per heavy atom. The van der Waals surface area contributed by atoms with Gasteiger partial charge in [0.25, 0.3) is 5.91 Å². The van der Waals surface area contributed by atoms with E-state index in [0.29, 0.717) is 18.8 Å². The topological polar surface area (TPSA) is 66.5 Å². The summed E-state index contributed by atoms with van der Waals surface area (Å²) in [5.41, 5.74) is 1.28. The Labute approximate surface area is 113 Å². The molecule has 0 spiro atoms. The number of rotatable bonds is 4. The highest BCUT2D eigenvalue weighted by atomic mass is 16.5. The molecule has 1 fully saturated rings. The van der Waals surface area contributed by atoms with Crippen LogP contribution in [0.15, 0.2) is 18.3 Å². The summed E-state index contributed by atoms with van der Waals surface area (Å²) in [6.45, 7) is 3.00. The normalized spacial score (nSPS) is 20.0. The smallest absolute Gasteiger partial charge is 0.270 e. The van der Waals surface area contributed by atoms with Gasteiger partial charge in [0.1, 0.15) is 5.69 Å². The van der Waals surface area contributed by atoms with Crippen molar-refractivity contribution in [1.29, 1.82) is 0 Å². The van der Waals surface area contributed by atoms with Crippen LogP contribution < -0.4 is 10.6 Å². The van der Waals surface area contributed by atoms with E-state index in [2.05, 4.69) is 27.6 Å². The summed E-state index contributed by atoms with van der Waals surface area (Å²) >= 11 is 0. The average molecular weight is 264 g/mol. The molecule has 0 radical (unpaired) electrons. The predicted octanol–water partition coefficient (Wildman–Crippen LogP) is 0.184. The minimum Gasteiger partial charge on any atom is -0.388 e. The number of nitrogens with one attached hydrogen (secondary N) is 2. The number of morpholine rings is 1. The van der Waals surface area contributed by atoms with Crippen molar-refractivity contribution in [1.82, 2.24) is 15.2 Å². The van der Waals surface area contributed by atoms with Crippen LogP contribution in [0.1, 0.15) is 10.5 Å². The summed E-state index contributed by atoms with van der Waals surface area (Å²) in [4.78, 5) is 18.2. The van der Waals surface area contributed by atoms with Gasteiger partial charge >= 0.3 is 0 Å². The van der Waals surface area contributed by atoms with Crippen molar-refractivity contribution < 1.29 is 9.53 Å². The molecule has 0 saturated carbocycles. The third kappa shape index (κ3) is 3.90. The van der Waals surface area contributed by atoms with Gasteiger partial charge in [-0.1, -0.05) is 0 Å². The highest BCUT2D eigenvalue weighted by molar-refractivity contribution is 5.93. The first-order chi connectivity index (χ1) is 9.19. The Kier molecular flexibility index (Phi) is 4.70. The molecule has 1 unspecified atom stereocenters. The summed E-state index contributed by atoms with van der Waals surface area (Å²) < 4.78 is 5.59. The predicted molar refractivity (Wildman–Crippen MR) is 73.4 cm³/mol. The lowest BCUT2D eigenvalue weighted by molar-refractivity contribution is -0.0175. The van der Waals surface area contributed by atoms with Gasteiger partial charge in [-0.15, -0.1) is 0 Å². The summed E-state index contributed by atoms with van der Waals surface area (Å²) in [5, 5.41) is 5.84. The van der Waals surface area contributed by atoms with Crippen molar-refractivity contribution in [3.05, 3.63) is 24.0 Å². The van der Waals surface area contributed by atoms with E-state index in [4.69, 9.17) is 4.74 Å². The van der Waals surface area contributed by atoms with E-state index in [1.807, 2.05) is 13.1 Å². The molecule has 6 nitrogen and oxygen atoms in total. The highest BCUT2D eigenvalue weighted by Crippen LogP contribution is 2.07. The molecule has 1 aliphatic rings. The first-order valence-electron chi connectivity index (χ1n) is 6.41. The Hall–Kier alpha value is -1.66. The molecular weight excluding hydrogens is 244 g/mol. The van der Waals surface area contributed by atoms with Gasteiger partial charge in [0.15, 0.2) is 0 Å². The van der Waals surface area contributed by atoms with Crippen molar-refractivity contribution in [2.24, 2.45) is 0 Å². The third-order valence-electron chi connectivity index (χ3n) is 3.11. The Bertz CT molecular complexity index is 438. The zero-order chi connectivity index (χ0) is 13.7. The number of ether oxygens (including phenoxy) is 1. The molecular formula is C13H20N4O2. The second kappa shape index (κ2) is 6.49. The molecule has 1 atom stereocenters. The Morgan fingerprint density at radius 2 is 2.47 bits per heavy atom. The van der Waals surface area contributed by atoms with E-state index in [1.165, 1.54) is 0 Å². The van der Waals surface area contributed by atoms with E-state index in [0.717, 1.165) is 18.8 Å². The Balaban J connectivity index is 1.86. The number of amides is 1. The van der Waals surface area contributed by atoms with Gasteiger partial charge in [-0.2, -0.15) is 0 Å². The van der Waals surface area contributed by atoms with Gasteiger partial charge in [0.2, 0.25) is 0 Å². The minimum atomic E-state index is -0.172. The maximum atomic E-state index is 12.0. The van der Waals surface area contributed by atoms with Crippen LogP contribution in [-0.4, -0.2) is 62.2 Å². The number of hydrogen-bond donors (Lipinski definition) is 2. The maximum Gasteiger partial charge on any atom is 0.270 e.